The van der Waals surface area contributed by atoms with E-state index in [0.29, 0.717) is 10.0 Å². The standard InChI is InChI=1S/C17H15BrN2O5/c1-9-10(2)15(14(8-19(22)23)16(18)11(9)3)17(21)12-5-4-6-13(7-12)20(24)25/h4-7H,8H2,1-3H3. The van der Waals surface area contributed by atoms with Crippen LogP contribution in [0.1, 0.15) is 38.2 Å². The minimum atomic E-state index is -0.585. The summed E-state index contributed by atoms with van der Waals surface area (Å²) in [5.74, 6) is -0.471. The summed E-state index contributed by atoms with van der Waals surface area (Å²) in [6.45, 7) is 4.86. The molecule has 7 nitrogen and oxygen atoms in total. The van der Waals surface area contributed by atoms with Gasteiger partial charge in [0.05, 0.1) is 4.92 Å². The van der Waals surface area contributed by atoms with E-state index in [4.69, 9.17) is 0 Å². The van der Waals surface area contributed by atoms with Crippen LogP contribution in [-0.4, -0.2) is 15.6 Å². The zero-order chi connectivity index (χ0) is 18.9. The van der Waals surface area contributed by atoms with Crippen LogP contribution in [0, 0.1) is 41.0 Å². The van der Waals surface area contributed by atoms with Crippen LogP contribution < -0.4 is 0 Å². The van der Waals surface area contributed by atoms with Gasteiger partial charge in [0, 0.05) is 38.2 Å². The highest BCUT2D eigenvalue weighted by molar-refractivity contribution is 9.10. The van der Waals surface area contributed by atoms with Crippen LogP contribution >= 0.6 is 15.9 Å². The Bertz CT molecular complexity index is 908. The van der Waals surface area contributed by atoms with E-state index in [2.05, 4.69) is 15.9 Å². The maximum atomic E-state index is 13.0. The SMILES string of the molecule is Cc1c(C)c(Br)c(C[N+](=O)[O-])c(C(=O)c2cccc([N+](=O)[O-])c2)c1C. The van der Waals surface area contributed by atoms with Crippen molar-refractivity contribution in [3.63, 3.8) is 0 Å². The first-order chi connectivity index (χ1) is 11.6. The highest BCUT2D eigenvalue weighted by atomic mass is 79.9. The molecular formula is C17H15BrN2O5. The van der Waals surface area contributed by atoms with E-state index in [1.807, 2.05) is 13.8 Å². The van der Waals surface area contributed by atoms with Crippen molar-refractivity contribution in [1.82, 2.24) is 0 Å². The Labute approximate surface area is 152 Å². The van der Waals surface area contributed by atoms with Crippen molar-refractivity contribution < 1.29 is 14.6 Å². The number of benzene rings is 2. The number of carbonyl (C=O) groups excluding carboxylic acids is 1. The molecule has 0 bridgehead atoms. The molecule has 0 aliphatic heterocycles. The van der Waals surface area contributed by atoms with Gasteiger partial charge < -0.3 is 0 Å². The minimum absolute atomic E-state index is 0.122. The highest BCUT2D eigenvalue weighted by Crippen LogP contribution is 2.33. The maximum Gasteiger partial charge on any atom is 0.270 e. The van der Waals surface area contributed by atoms with Crippen LogP contribution in [0.4, 0.5) is 5.69 Å². The largest absolute Gasteiger partial charge is 0.289 e. The minimum Gasteiger partial charge on any atom is -0.289 e. The Kier molecular flexibility index (Phi) is 5.32. The zero-order valence-electron chi connectivity index (χ0n) is 13.8. The lowest BCUT2D eigenvalue weighted by Crippen LogP contribution is -2.14. The van der Waals surface area contributed by atoms with Crippen LogP contribution in [0.3, 0.4) is 0 Å². The molecule has 0 fully saturated rings. The van der Waals surface area contributed by atoms with E-state index < -0.39 is 22.2 Å². The molecule has 2 aromatic rings. The third-order valence-electron chi connectivity index (χ3n) is 4.23. The second-order valence-electron chi connectivity index (χ2n) is 5.67. The summed E-state index contributed by atoms with van der Waals surface area (Å²) in [6, 6.07) is 5.36. The summed E-state index contributed by atoms with van der Waals surface area (Å²) in [6.07, 6.45) is 0. The predicted octanol–water partition coefficient (Wildman–Crippen LogP) is 4.29. The average Bonchev–Trinajstić information content (AvgIpc) is 2.57. The smallest absolute Gasteiger partial charge is 0.270 e. The van der Waals surface area contributed by atoms with Crippen LogP contribution in [0.5, 0.6) is 0 Å². The molecule has 130 valence electrons. The Morgan fingerprint density at radius 2 is 1.72 bits per heavy atom. The van der Waals surface area contributed by atoms with Crippen molar-refractivity contribution in [1.29, 1.82) is 0 Å². The monoisotopic (exact) mass is 406 g/mol. The number of carbonyl (C=O) groups is 1. The van der Waals surface area contributed by atoms with Crippen molar-refractivity contribution in [3.05, 3.63) is 82.3 Å². The molecule has 0 aromatic heterocycles. The third kappa shape index (κ3) is 3.58. The number of nitro benzene ring substituents is 1. The fraction of sp³-hybridized carbons (Fsp3) is 0.235. The van der Waals surface area contributed by atoms with E-state index >= 15 is 0 Å². The Morgan fingerprint density at radius 1 is 1.08 bits per heavy atom. The van der Waals surface area contributed by atoms with Gasteiger partial charge in [0.1, 0.15) is 0 Å². The van der Waals surface area contributed by atoms with Gasteiger partial charge in [-0.25, -0.2) is 0 Å². The quantitative estimate of drug-likeness (QED) is 0.418. The van der Waals surface area contributed by atoms with Gasteiger partial charge >= 0.3 is 0 Å². The first-order valence-corrected chi connectivity index (χ1v) is 8.13. The Morgan fingerprint density at radius 3 is 2.28 bits per heavy atom. The van der Waals surface area contributed by atoms with Crippen molar-refractivity contribution >= 4 is 27.4 Å². The lowest BCUT2D eigenvalue weighted by molar-refractivity contribution is -0.497. The summed E-state index contributed by atoms with van der Waals surface area (Å²) < 4.78 is 0.515. The number of hydrogen-bond acceptors (Lipinski definition) is 5. The highest BCUT2D eigenvalue weighted by Gasteiger charge is 2.26. The van der Waals surface area contributed by atoms with Crippen molar-refractivity contribution in [3.8, 4) is 0 Å². The first-order valence-electron chi connectivity index (χ1n) is 7.34. The second-order valence-corrected chi connectivity index (χ2v) is 6.46. The van der Waals surface area contributed by atoms with Gasteiger partial charge in [-0.05, 0) is 53.4 Å². The van der Waals surface area contributed by atoms with Crippen LogP contribution in [0.15, 0.2) is 28.7 Å². The number of nitro groups is 2. The van der Waals surface area contributed by atoms with Crippen LogP contribution in [0.25, 0.3) is 0 Å². The van der Waals surface area contributed by atoms with Gasteiger partial charge in [0.25, 0.3) is 5.69 Å². The third-order valence-corrected chi connectivity index (χ3v) is 5.30. The predicted molar refractivity (Wildman–Crippen MR) is 95.6 cm³/mol. The lowest BCUT2D eigenvalue weighted by atomic mass is 9.89. The molecule has 0 aliphatic rings. The summed E-state index contributed by atoms with van der Waals surface area (Å²) in [4.78, 5) is 33.9. The molecule has 8 heteroatoms. The number of halogens is 1. The molecule has 0 amide bonds. The van der Waals surface area contributed by atoms with E-state index in [9.17, 15) is 25.0 Å². The number of hydrogen-bond donors (Lipinski definition) is 0. The molecular weight excluding hydrogens is 392 g/mol. The van der Waals surface area contributed by atoms with E-state index in [1.54, 1.807) is 6.92 Å². The van der Waals surface area contributed by atoms with Crippen molar-refractivity contribution in [2.24, 2.45) is 0 Å². The van der Waals surface area contributed by atoms with Crippen molar-refractivity contribution in [2.45, 2.75) is 27.3 Å². The van der Waals surface area contributed by atoms with Gasteiger partial charge in [0.15, 0.2) is 5.78 Å². The first kappa shape index (κ1) is 18.7. The molecule has 0 atom stereocenters. The lowest BCUT2D eigenvalue weighted by Gasteiger charge is -2.17. The molecule has 0 saturated carbocycles. The molecule has 0 radical (unpaired) electrons. The van der Waals surface area contributed by atoms with Gasteiger partial charge in [-0.2, -0.15) is 0 Å². The topological polar surface area (TPSA) is 103 Å². The molecule has 0 heterocycles. The molecule has 25 heavy (non-hydrogen) atoms. The number of rotatable bonds is 5. The number of ketones is 1. The molecule has 0 unspecified atom stereocenters. The van der Waals surface area contributed by atoms with Gasteiger partial charge in [-0.15, -0.1) is 0 Å². The van der Waals surface area contributed by atoms with E-state index in [0.717, 1.165) is 11.1 Å². The van der Waals surface area contributed by atoms with Gasteiger partial charge in [0.2, 0.25) is 6.54 Å². The zero-order valence-corrected chi connectivity index (χ0v) is 15.4. The molecule has 2 aromatic carbocycles. The summed E-state index contributed by atoms with van der Waals surface area (Å²) in [5.41, 5.74) is 2.71. The fourth-order valence-electron chi connectivity index (χ4n) is 2.69. The van der Waals surface area contributed by atoms with Gasteiger partial charge in [-0.3, -0.25) is 25.0 Å². The molecule has 2 rings (SSSR count). The van der Waals surface area contributed by atoms with E-state index in [1.165, 1.54) is 24.3 Å². The van der Waals surface area contributed by atoms with Crippen molar-refractivity contribution in [2.75, 3.05) is 0 Å². The number of non-ortho nitro benzene ring substituents is 1. The molecule has 0 N–H and O–H groups in total. The molecule has 0 spiro atoms. The Hall–Kier alpha value is -2.61. The van der Waals surface area contributed by atoms with Crippen LogP contribution in [-0.2, 0) is 6.54 Å². The molecule has 0 aliphatic carbocycles. The fourth-order valence-corrected chi connectivity index (χ4v) is 3.31. The summed E-state index contributed by atoms with van der Waals surface area (Å²) >= 11 is 3.36. The normalized spacial score (nSPS) is 10.6. The summed E-state index contributed by atoms with van der Waals surface area (Å²) in [7, 11) is 0. The second kappa shape index (κ2) is 7.10. The maximum absolute atomic E-state index is 13.0. The average molecular weight is 407 g/mol. The van der Waals surface area contributed by atoms with E-state index in [-0.39, 0.29) is 22.4 Å². The summed E-state index contributed by atoms with van der Waals surface area (Å²) in [5, 5.41) is 22.0. The number of nitrogens with zero attached hydrogens (tertiary/aromatic N) is 2. The molecule has 0 saturated heterocycles. The Balaban J connectivity index is 2.72. The van der Waals surface area contributed by atoms with Gasteiger partial charge in [-0.1, -0.05) is 12.1 Å². The van der Waals surface area contributed by atoms with Crippen LogP contribution in [0.2, 0.25) is 0 Å².